The van der Waals surface area contributed by atoms with Crippen LogP contribution in [-0.4, -0.2) is 54.0 Å². The summed E-state index contributed by atoms with van der Waals surface area (Å²) in [5, 5.41) is 19.9. The normalized spacial score (nSPS) is 12.7. The zero-order valence-corrected chi connectivity index (χ0v) is 24.2. The fourth-order valence-corrected chi connectivity index (χ4v) is 5.79. The number of halogens is 2. The molecule has 20 heteroatoms. The molecule has 0 saturated heterocycles. The number of hydrogen-bond acceptors (Lipinski definition) is 12. The first-order chi connectivity index (χ1) is 19.3. The number of nitrogens with one attached hydrogen (secondary N) is 1. The zero-order valence-electron chi connectivity index (χ0n) is 21.0. The molecular formula is C22H17ClFN5O10S3. The summed E-state index contributed by atoms with van der Waals surface area (Å²) in [6.07, 6.45) is -1.24. The van der Waals surface area contributed by atoms with Gasteiger partial charge in [0.2, 0.25) is 0 Å². The van der Waals surface area contributed by atoms with Crippen molar-refractivity contribution in [1.29, 1.82) is 0 Å². The Bertz CT molecular complexity index is 2160. The topological polar surface area (TPSA) is 246 Å². The van der Waals surface area contributed by atoms with E-state index in [0.717, 1.165) is 24.3 Å². The van der Waals surface area contributed by atoms with Gasteiger partial charge in [-0.1, -0.05) is 17.7 Å². The van der Waals surface area contributed by atoms with E-state index in [1.54, 1.807) is 0 Å². The maximum Gasteiger partial charge on any atom is 0.310 e. The minimum atomic E-state index is -5.24. The van der Waals surface area contributed by atoms with Gasteiger partial charge in [-0.15, -0.1) is 10.2 Å². The van der Waals surface area contributed by atoms with Gasteiger partial charge in [-0.25, -0.2) is 4.98 Å². The number of aryl methyl sites for hydroxylation is 2. The summed E-state index contributed by atoms with van der Waals surface area (Å²) < 4.78 is 115. The quantitative estimate of drug-likeness (QED) is 0.103. The molecule has 0 atom stereocenters. The first-order valence-electron chi connectivity index (χ1n) is 11.0. The van der Waals surface area contributed by atoms with Gasteiger partial charge in [0.05, 0.1) is 16.3 Å². The van der Waals surface area contributed by atoms with Crippen LogP contribution in [0.1, 0.15) is 11.3 Å². The van der Waals surface area contributed by atoms with Crippen molar-refractivity contribution in [3.8, 4) is 5.75 Å². The highest BCUT2D eigenvalue weighted by atomic mass is 35.5. The molecule has 1 heterocycles. The fraction of sp³-hybridized carbons (Fsp3) is 0.0909. The minimum Gasteiger partial charge on any atom is -0.505 e. The predicted octanol–water partition coefficient (Wildman–Crippen LogP) is 4.64. The summed E-state index contributed by atoms with van der Waals surface area (Å²) >= 11 is 6.13. The third-order valence-corrected chi connectivity index (χ3v) is 8.63. The monoisotopic (exact) mass is 661 g/mol. The average molecular weight is 662 g/mol. The van der Waals surface area contributed by atoms with Crippen molar-refractivity contribution >= 4 is 75.6 Å². The molecular weight excluding hydrogens is 645 g/mol. The van der Waals surface area contributed by atoms with E-state index in [-0.39, 0.29) is 10.7 Å². The lowest BCUT2D eigenvalue weighted by Gasteiger charge is -2.16. The van der Waals surface area contributed by atoms with Crippen LogP contribution in [0.25, 0.3) is 10.8 Å². The van der Waals surface area contributed by atoms with Gasteiger partial charge in [-0.05, 0) is 55.1 Å². The van der Waals surface area contributed by atoms with Crippen LogP contribution in [0.5, 0.6) is 5.75 Å². The second-order valence-corrected chi connectivity index (χ2v) is 13.2. The van der Waals surface area contributed by atoms with Crippen molar-refractivity contribution in [2.45, 2.75) is 28.5 Å². The molecule has 0 aliphatic heterocycles. The molecule has 0 unspecified atom stereocenters. The highest BCUT2D eigenvalue weighted by Crippen LogP contribution is 2.46. The Labute approximate surface area is 242 Å². The number of azo groups is 1. The van der Waals surface area contributed by atoms with Crippen LogP contribution in [0.15, 0.2) is 61.3 Å². The largest absolute Gasteiger partial charge is 0.505 e. The molecule has 15 nitrogen and oxygen atoms in total. The molecule has 5 N–H and O–H groups in total. The summed E-state index contributed by atoms with van der Waals surface area (Å²) in [6.45, 7) is 2.83. The molecule has 1 aromatic heterocycles. The molecule has 0 fully saturated rings. The van der Waals surface area contributed by atoms with E-state index in [1.165, 1.54) is 19.9 Å². The molecule has 4 rings (SSSR count). The van der Waals surface area contributed by atoms with Crippen molar-refractivity contribution in [2.75, 3.05) is 5.32 Å². The fourth-order valence-electron chi connectivity index (χ4n) is 3.75. The summed E-state index contributed by atoms with van der Waals surface area (Å²) in [5.74, 6) is -1.48. The van der Waals surface area contributed by atoms with E-state index < -0.39 is 90.5 Å². The van der Waals surface area contributed by atoms with Crippen LogP contribution >= 0.6 is 11.6 Å². The minimum absolute atomic E-state index is 0.0398. The van der Waals surface area contributed by atoms with Crippen molar-refractivity contribution in [3.05, 3.63) is 58.8 Å². The maximum atomic E-state index is 13.9. The molecule has 0 radical (unpaired) electrons. The Kier molecular flexibility index (Phi) is 7.97. The van der Waals surface area contributed by atoms with E-state index in [1.807, 2.05) is 0 Å². The van der Waals surface area contributed by atoms with Gasteiger partial charge >= 0.3 is 6.08 Å². The van der Waals surface area contributed by atoms with Gasteiger partial charge in [-0.2, -0.15) is 34.6 Å². The second-order valence-electron chi connectivity index (χ2n) is 8.60. The molecule has 0 amide bonds. The van der Waals surface area contributed by atoms with E-state index in [4.69, 9.17) is 11.6 Å². The Hall–Kier alpha value is -3.85. The number of phenols is 1. The summed E-state index contributed by atoms with van der Waals surface area (Å²) in [7, 11) is -15.1. The number of nitrogens with zero attached hydrogens (tertiary/aromatic N) is 4. The van der Waals surface area contributed by atoms with E-state index in [2.05, 4.69) is 25.5 Å². The van der Waals surface area contributed by atoms with Crippen LogP contribution in [0.3, 0.4) is 0 Å². The average Bonchev–Trinajstić information content (AvgIpc) is 2.84. The summed E-state index contributed by atoms with van der Waals surface area (Å²) in [6, 6.07) is 5.73. The zero-order chi connectivity index (χ0) is 31.4. The van der Waals surface area contributed by atoms with E-state index >= 15 is 0 Å². The third kappa shape index (κ3) is 6.31. The summed E-state index contributed by atoms with van der Waals surface area (Å²) in [5.41, 5.74) is -1.51. The van der Waals surface area contributed by atoms with Gasteiger partial charge in [-0.3, -0.25) is 13.7 Å². The number of aromatic nitrogens is 2. The number of fused-ring (bicyclic) bond motifs is 1. The van der Waals surface area contributed by atoms with E-state index in [0.29, 0.717) is 11.6 Å². The number of hydrogen-bond donors (Lipinski definition) is 5. The van der Waals surface area contributed by atoms with Gasteiger partial charge < -0.3 is 10.4 Å². The molecule has 0 bridgehead atoms. The number of phenolic OH excluding ortho intramolecular Hbond substituents is 1. The Morgan fingerprint density at radius 2 is 1.50 bits per heavy atom. The van der Waals surface area contributed by atoms with Gasteiger partial charge in [0.25, 0.3) is 30.4 Å². The van der Waals surface area contributed by atoms with Crippen LogP contribution in [-0.2, 0) is 30.4 Å². The number of anilines is 2. The first-order valence-corrected chi connectivity index (χ1v) is 15.7. The molecule has 222 valence electrons. The highest BCUT2D eigenvalue weighted by molar-refractivity contribution is 7.86. The summed E-state index contributed by atoms with van der Waals surface area (Å²) in [4.78, 5) is 4.26. The van der Waals surface area contributed by atoms with E-state index in [9.17, 15) is 48.4 Å². The van der Waals surface area contributed by atoms with Crippen LogP contribution < -0.4 is 5.32 Å². The van der Waals surface area contributed by atoms with Gasteiger partial charge in [0.1, 0.15) is 26.2 Å². The molecule has 4 aromatic rings. The first kappa shape index (κ1) is 31.1. The SMILES string of the molecule is Cc1ccc(N=Nc2c(S(=O)(=O)O)cc3cc(S(=O)(=O)O)cc(Nc4nc(F)nc(C)c4Cl)c3c2O)c(S(=O)(=O)O)c1. The van der Waals surface area contributed by atoms with Gasteiger partial charge in [0, 0.05) is 5.39 Å². The molecule has 0 saturated carbocycles. The maximum absolute atomic E-state index is 13.9. The molecule has 0 spiro atoms. The lowest BCUT2D eigenvalue weighted by atomic mass is 10.1. The third-order valence-electron chi connectivity index (χ3n) is 5.59. The second kappa shape index (κ2) is 10.8. The Morgan fingerprint density at radius 1 is 0.857 bits per heavy atom. The van der Waals surface area contributed by atoms with Crippen LogP contribution in [0, 0.1) is 19.9 Å². The lowest BCUT2D eigenvalue weighted by Crippen LogP contribution is -2.05. The van der Waals surface area contributed by atoms with Crippen LogP contribution in [0.2, 0.25) is 5.02 Å². The lowest BCUT2D eigenvalue weighted by molar-refractivity contribution is 0.472. The standard InChI is InChI=1S/C22H17ClFN5O10S3/c1-9-3-4-13(15(5-9)41(34,35)36)28-29-19-16(42(37,38)39)7-11-6-12(40(31,32)33)8-14(17(11)20(19)30)26-21-18(23)10(2)25-22(24)27-21/h3-8,30H,1-2H3,(H,25,26,27)(H,31,32,33)(H,34,35,36)(H,37,38,39). The Morgan fingerprint density at radius 3 is 2.10 bits per heavy atom. The molecule has 0 aliphatic rings. The van der Waals surface area contributed by atoms with Crippen molar-refractivity contribution in [2.24, 2.45) is 10.2 Å². The Balaban J connectivity index is 2.08. The van der Waals surface area contributed by atoms with Crippen molar-refractivity contribution in [1.82, 2.24) is 9.97 Å². The smallest absolute Gasteiger partial charge is 0.310 e. The number of rotatable bonds is 7. The molecule has 0 aliphatic carbocycles. The molecule has 3 aromatic carbocycles. The van der Waals surface area contributed by atoms with Crippen molar-refractivity contribution < 1.29 is 48.4 Å². The number of benzene rings is 3. The number of aromatic hydroxyl groups is 1. The van der Waals surface area contributed by atoms with Crippen molar-refractivity contribution in [3.63, 3.8) is 0 Å². The highest BCUT2D eigenvalue weighted by Gasteiger charge is 2.26. The van der Waals surface area contributed by atoms with Crippen LogP contribution in [0.4, 0.5) is 27.3 Å². The predicted molar refractivity (Wildman–Crippen MR) is 145 cm³/mol. The molecule has 42 heavy (non-hydrogen) atoms. The van der Waals surface area contributed by atoms with Gasteiger partial charge in [0.15, 0.2) is 11.6 Å².